The zero-order valence-electron chi connectivity index (χ0n) is 6.64. The molecule has 0 aliphatic carbocycles. The lowest BCUT2D eigenvalue weighted by Gasteiger charge is -2.09. The first-order valence-electron chi connectivity index (χ1n) is 3.30. The molecule has 0 radical (unpaired) electrons. The van der Waals surface area contributed by atoms with Crippen molar-refractivity contribution in [3.63, 3.8) is 0 Å². The van der Waals surface area contributed by atoms with Crippen molar-refractivity contribution in [3.05, 3.63) is 0 Å². The second-order valence-electron chi connectivity index (χ2n) is 2.45. The number of rotatable bonds is 3. The predicted octanol–water partition coefficient (Wildman–Crippen LogP) is 0.433. The van der Waals surface area contributed by atoms with Crippen molar-refractivity contribution in [2.45, 2.75) is 19.9 Å². The molecule has 0 unspecified atom stereocenters. The van der Waals surface area contributed by atoms with Gasteiger partial charge in [0.2, 0.25) is 0 Å². The molecular weight excluding hydrogens is 126 g/mol. The standard InChI is InChI=1S/C8H13NO/c1-5-7(9-4)8(10)6(2)3/h1,6-7,9H,2-4H3/t7-/m1/s1. The van der Waals surface area contributed by atoms with Crippen LogP contribution in [0.1, 0.15) is 13.8 Å². The molecule has 10 heavy (non-hydrogen) atoms. The van der Waals surface area contributed by atoms with Gasteiger partial charge in [-0.15, -0.1) is 6.42 Å². The van der Waals surface area contributed by atoms with Crippen LogP contribution in [0.25, 0.3) is 0 Å². The number of nitrogens with one attached hydrogen (secondary N) is 1. The number of terminal acetylenes is 1. The van der Waals surface area contributed by atoms with Gasteiger partial charge in [-0.2, -0.15) is 0 Å². The van der Waals surface area contributed by atoms with Gasteiger partial charge < -0.3 is 5.32 Å². The molecule has 0 rings (SSSR count). The van der Waals surface area contributed by atoms with Gasteiger partial charge in [0.25, 0.3) is 0 Å². The Hall–Kier alpha value is -0.810. The number of hydrogen-bond donors (Lipinski definition) is 1. The van der Waals surface area contributed by atoms with Crippen LogP contribution in [0.4, 0.5) is 0 Å². The van der Waals surface area contributed by atoms with Gasteiger partial charge in [-0.1, -0.05) is 19.8 Å². The maximum absolute atomic E-state index is 11.1. The highest BCUT2D eigenvalue weighted by Crippen LogP contribution is 1.97. The fourth-order valence-corrected chi connectivity index (χ4v) is 0.641. The second kappa shape index (κ2) is 4.08. The predicted molar refractivity (Wildman–Crippen MR) is 41.5 cm³/mol. The van der Waals surface area contributed by atoms with Crippen LogP contribution in [-0.4, -0.2) is 18.9 Å². The fraction of sp³-hybridized carbons (Fsp3) is 0.625. The molecule has 0 amide bonds. The van der Waals surface area contributed by atoms with Crippen molar-refractivity contribution in [2.75, 3.05) is 7.05 Å². The van der Waals surface area contributed by atoms with Crippen molar-refractivity contribution in [1.82, 2.24) is 5.32 Å². The summed E-state index contributed by atoms with van der Waals surface area (Å²) < 4.78 is 0. The zero-order chi connectivity index (χ0) is 8.15. The largest absolute Gasteiger partial charge is 0.301 e. The van der Waals surface area contributed by atoms with E-state index in [1.165, 1.54) is 0 Å². The average molecular weight is 139 g/mol. The third-order valence-electron chi connectivity index (χ3n) is 1.31. The molecule has 0 bridgehead atoms. The van der Waals surface area contributed by atoms with Crippen molar-refractivity contribution in [2.24, 2.45) is 5.92 Å². The van der Waals surface area contributed by atoms with Gasteiger partial charge in [-0.05, 0) is 7.05 Å². The van der Waals surface area contributed by atoms with E-state index in [1.54, 1.807) is 7.05 Å². The minimum Gasteiger partial charge on any atom is -0.301 e. The Bertz CT molecular complexity index is 155. The second-order valence-corrected chi connectivity index (χ2v) is 2.45. The summed E-state index contributed by atoms with van der Waals surface area (Å²) >= 11 is 0. The lowest BCUT2D eigenvalue weighted by molar-refractivity contribution is -0.122. The third-order valence-corrected chi connectivity index (χ3v) is 1.31. The molecule has 2 heteroatoms. The van der Waals surface area contributed by atoms with Crippen molar-refractivity contribution in [3.8, 4) is 12.3 Å². The minimum absolute atomic E-state index is 0.00787. The fourth-order valence-electron chi connectivity index (χ4n) is 0.641. The number of Topliss-reactive ketones (excluding diaryl/α,β-unsaturated/α-hetero) is 1. The van der Waals surface area contributed by atoms with Gasteiger partial charge in [0, 0.05) is 5.92 Å². The molecule has 0 heterocycles. The molecule has 0 aliphatic heterocycles. The van der Waals surface area contributed by atoms with Crippen molar-refractivity contribution < 1.29 is 4.79 Å². The first kappa shape index (κ1) is 9.19. The number of ketones is 1. The van der Waals surface area contributed by atoms with E-state index >= 15 is 0 Å². The number of carbonyl (C=O) groups excluding carboxylic acids is 1. The summed E-state index contributed by atoms with van der Waals surface area (Å²) in [5.74, 6) is 2.45. The maximum Gasteiger partial charge on any atom is 0.164 e. The highest BCUT2D eigenvalue weighted by molar-refractivity contribution is 5.88. The Balaban J connectivity index is 4.06. The van der Waals surface area contributed by atoms with Gasteiger partial charge in [0.05, 0.1) is 0 Å². The first-order valence-corrected chi connectivity index (χ1v) is 3.30. The van der Waals surface area contributed by atoms with E-state index in [9.17, 15) is 4.79 Å². The lowest BCUT2D eigenvalue weighted by atomic mass is 10.0. The quantitative estimate of drug-likeness (QED) is 0.574. The molecule has 0 saturated carbocycles. The molecule has 56 valence electrons. The van der Waals surface area contributed by atoms with Crippen molar-refractivity contribution in [1.29, 1.82) is 0 Å². The summed E-state index contributed by atoms with van der Waals surface area (Å²) in [7, 11) is 1.69. The number of hydrogen-bond acceptors (Lipinski definition) is 2. The van der Waals surface area contributed by atoms with Crippen LogP contribution in [0.2, 0.25) is 0 Å². The van der Waals surface area contributed by atoms with E-state index in [0.717, 1.165) is 0 Å². The summed E-state index contributed by atoms with van der Waals surface area (Å²) in [5.41, 5.74) is 0. The summed E-state index contributed by atoms with van der Waals surface area (Å²) in [5, 5.41) is 2.75. The topological polar surface area (TPSA) is 29.1 Å². The molecule has 2 nitrogen and oxygen atoms in total. The van der Waals surface area contributed by atoms with E-state index in [4.69, 9.17) is 6.42 Å². The van der Waals surface area contributed by atoms with E-state index in [0.29, 0.717) is 0 Å². The van der Waals surface area contributed by atoms with Gasteiger partial charge in [-0.25, -0.2) is 0 Å². The molecule has 0 saturated heterocycles. The van der Waals surface area contributed by atoms with Gasteiger partial charge in [0.15, 0.2) is 5.78 Å². The highest BCUT2D eigenvalue weighted by Gasteiger charge is 2.15. The number of carbonyl (C=O) groups is 1. The van der Waals surface area contributed by atoms with Crippen molar-refractivity contribution >= 4 is 5.78 Å². The first-order chi connectivity index (χ1) is 4.63. The van der Waals surface area contributed by atoms with Crippen LogP contribution in [0, 0.1) is 18.3 Å². The molecule has 0 aromatic carbocycles. The average Bonchev–Trinajstić information content (AvgIpc) is 1.90. The monoisotopic (exact) mass is 139 g/mol. The maximum atomic E-state index is 11.1. The Morgan fingerprint density at radius 3 is 2.20 bits per heavy atom. The zero-order valence-corrected chi connectivity index (χ0v) is 6.64. The SMILES string of the molecule is C#C[C@@H](NC)C(=O)C(C)C. The Kier molecular flexibility index (Phi) is 3.75. The van der Waals surface area contributed by atoms with Crippen LogP contribution < -0.4 is 5.32 Å². The van der Waals surface area contributed by atoms with Crippen LogP contribution in [-0.2, 0) is 4.79 Å². The van der Waals surface area contributed by atoms with E-state index < -0.39 is 6.04 Å². The summed E-state index contributed by atoms with van der Waals surface area (Å²) in [6.45, 7) is 3.67. The van der Waals surface area contributed by atoms with Gasteiger partial charge >= 0.3 is 0 Å². The Labute approximate surface area is 62.0 Å². The van der Waals surface area contributed by atoms with Crippen LogP contribution in [0.3, 0.4) is 0 Å². The van der Waals surface area contributed by atoms with Gasteiger partial charge in [-0.3, -0.25) is 4.79 Å². The molecule has 1 N–H and O–H groups in total. The summed E-state index contributed by atoms with van der Waals surface area (Å²) in [6, 6.07) is -0.417. The Morgan fingerprint density at radius 2 is 2.10 bits per heavy atom. The van der Waals surface area contributed by atoms with Crippen LogP contribution in [0.15, 0.2) is 0 Å². The third kappa shape index (κ3) is 2.20. The van der Waals surface area contributed by atoms with E-state index in [2.05, 4.69) is 11.2 Å². The summed E-state index contributed by atoms with van der Waals surface area (Å²) in [4.78, 5) is 11.1. The molecule has 0 spiro atoms. The summed E-state index contributed by atoms with van der Waals surface area (Å²) in [6.07, 6.45) is 5.09. The van der Waals surface area contributed by atoms with E-state index in [1.807, 2.05) is 13.8 Å². The molecule has 1 atom stereocenters. The van der Waals surface area contributed by atoms with Gasteiger partial charge in [0.1, 0.15) is 6.04 Å². The molecular formula is C8H13NO. The smallest absolute Gasteiger partial charge is 0.164 e. The Morgan fingerprint density at radius 1 is 1.60 bits per heavy atom. The minimum atomic E-state index is -0.417. The lowest BCUT2D eigenvalue weighted by Crippen LogP contribution is -2.35. The number of likely N-dealkylation sites (N-methyl/N-ethyl adjacent to an activating group) is 1. The van der Waals surface area contributed by atoms with E-state index in [-0.39, 0.29) is 11.7 Å². The molecule has 0 aliphatic rings. The molecule has 0 fully saturated rings. The molecule has 0 aromatic heterocycles. The highest BCUT2D eigenvalue weighted by atomic mass is 16.1. The van der Waals surface area contributed by atoms with Crippen LogP contribution >= 0.6 is 0 Å². The molecule has 0 aromatic rings. The normalized spacial score (nSPS) is 12.7. The van der Waals surface area contributed by atoms with Crippen LogP contribution in [0.5, 0.6) is 0 Å².